The van der Waals surface area contributed by atoms with Gasteiger partial charge in [0.25, 0.3) is 5.69 Å². The molecule has 2 rings (SSSR count). The molecule has 0 atom stereocenters. The van der Waals surface area contributed by atoms with Gasteiger partial charge in [0, 0.05) is 12.1 Å². The predicted molar refractivity (Wildman–Crippen MR) is 65.7 cm³/mol. The summed E-state index contributed by atoms with van der Waals surface area (Å²) in [7, 11) is 0. The molecule has 0 spiro atoms. The van der Waals surface area contributed by atoms with Crippen LogP contribution in [-0.4, -0.2) is 4.92 Å². The van der Waals surface area contributed by atoms with Crippen LogP contribution in [0.2, 0.25) is 5.22 Å². The Morgan fingerprint density at radius 2 is 1.82 bits per heavy atom. The minimum Gasteiger partial charge on any atom is -0.445 e. The number of hydrogen-bond acceptors (Lipinski definition) is 3. The number of nitrogens with zero attached hydrogens (tertiary/aromatic N) is 1. The molecule has 0 aliphatic carbocycles. The Bertz CT molecular complexity index is 557. The minimum absolute atomic E-state index is 0.0724. The third kappa shape index (κ3) is 2.95. The minimum atomic E-state index is -0.431. The van der Waals surface area contributed by atoms with Crippen LogP contribution in [0.1, 0.15) is 11.3 Å². The Kier molecular flexibility index (Phi) is 3.25. The standard InChI is InChI=1S/C12H8ClNO3/c13-12-8-7-11(17-12)6-3-9-1-4-10(5-2-9)14(15)16/h1-8H/b6-3+. The van der Waals surface area contributed by atoms with E-state index in [1.807, 2.05) is 0 Å². The summed E-state index contributed by atoms with van der Waals surface area (Å²) in [6, 6.07) is 9.63. The van der Waals surface area contributed by atoms with Crippen molar-refractivity contribution >= 4 is 29.4 Å². The number of nitro groups is 1. The average molecular weight is 250 g/mol. The highest BCUT2D eigenvalue weighted by Crippen LogP contribution is 2.17. The average Bonchev–Trinajstić information content (AvgIpc) is 2.73. The van der Waals surface area contributed by atoms with Gasteiger partial charge >= 0.3 is 0 Å². The maximum atomic E-state index is 10.5. The lowest BCUT2D eigenvalue weighted by Crippen LogP contribution is -1.86. The quantitative estimate of drug-likeness (QED) is 0.610. The van der Waals surface area contributed by atoms with Crippen LogP contribution in [0.4, 0.5) is 5.69 Å². The zero-order valence-electron chi connectivity index (χ0n) is 8.67. The highest BCUT2D eigenvalue weighted by atomic mass is 35.5. The van der Waals surface area contributed by atoms with Crippen molar-refractivity contribution in [3.8, 4) is 0 Å². The van der Waals surface area contributed by atoms with Crippen molar-refractivity contribution in [3.63, 3.8) is 0 Å². The van der Waals surface area contributed by atoms with Crippen molar-refractivity contribution < 1.29 is 9.34 Å². The maximum Gasteiger partial charge on any atom is 0.269 e. The van der Waals surface area contributed by atoms with Crippen LogP contribution in [0.25, 0.3) is 12.2 Å². The Balaban J connectivity index is 2.13. The molecule has 1 aromatic carbocycles. The lowest BCUT2D eigenvalue weighted by molar-refractivity contribution is -0.384. The molecule has 0 amide bonds. The summed E-state index contributed by atoms with van der Waals surface area (Å²) in [6.45, 7) is 0. The van der Waals surface area contributed by atoms with Gasteiger partial charge in [-0.15, -0.1) is 0 Å². The molecule has 4 nitrogen and oxygen atoms in total. The normalized spacial score (nSPS) is 10.9. The first kappa shape index (κ1) is 11.4. The number of benzene rings is 1. The van der Waals surface area contributed by atoms with Crippen molar-refractivity contribution in [1.29, 1.82) is 0 Å². The molecule has 0 radical (unpaired) electrons. The number of non-ortho nitro benzene ring substituents is 1. The van der Waals surface area contributed by atoms with Gasteiger partial charge in [0.15, 0.2) is 5.22 Å². The monoisotopic (exact) mass is 249 g/mol. The van der Waals surface area contributed by atoms with Gasteiger partial charge in [0.05, 0.1) is 4.92 Å². The highest BCUT2D eigenvalue weighted by molar-refractivity contribution is 6.28. The second kappa shape index (κ2) is 4.84. The van der Waals surface area contributed by atoms with E-state index < -0.39 is 4.92 Å². The highest BCUT2D eigenvalue weighted by Gasteiger charge is 2.02. The second-order valence-corrected chi connectivity index (χ2v) is 3.70. The molecule has 86 valence electrons. The Morgan fingerprint density at radius 1 is 1.12 bits per heavy atom. The summed E-state index contributed by atoms with van der Waals surface area (Å²) in [6.07, 6.45) is 3.53. The van der Waals surface area contributed by atoms with Gasteiger partial charge in [-0.25, -0.2) is 0 Å². The smallest absolute Gasteiger partial charge is 0.269 e. The number of halogens is 1. The third-order valence-electron chi connectivity index (χ3n) is 2.14. The Morgan fingerprint density at radius 3 is 2.35 bits per heavy atom. The zero-order chi connectivity index (χ0) is 12.3. The lowest BCUT2D eigenvalue weighted by Gasteiger charge is -1.93. The van der Waals surface area contributed by atoms with Gasteiger partial charge in [-0.1, -0.05) is 6.08 Å². The molecule has 0 N–H and O–H groups in total. The van der Waals surface area contributed by atoms with Crippen LogP contribution in [0.15, 0.2) is 40.8 Å². The molecule has 0 saturated heterocycles. The SMILES string of the molecule is O=[N+]([O-])c1ccc(/C=C/c2ccc(Cl)o2)cc1. The molecule has 0 unspecified atom stereocenters. The van der Waals surface area contributed by atoms with Crippen molar-refractivity contribution in [2.24, 2.45) is 0 Å². The van der Waals surface area contributed by atoms with Gasteiger partial charge in [0.1, 0.15) is 5.76 Å². The molecular weight excluding hydrogens is 242 g/mol. The molecule has 0 fully saturated rings. The van der Waals surface area contributed by atoms with Gasteiger partial charge in [-0.2, -0.15) is 0 Å². The molecule has 1 heterocycles. The van der Waals surface area contributed by atoms with Crippen LogP contribution in [0.5, 0.6) is 0 Å². The van der Waals surface area contributed by atoms with E-state index in [0.29, 0.717) is 11.0 Å². The molecule has 0 bridgehead atoms. The van der Waals surface area contributed by atoms with Crippen LogP contribution < -0.4 is 0 Å². The zero-order valence-corrected chi connectivity index (χ0v) is 9.42. The molecule has 2 aromatic rings. The van der Waals surface area contributed by atoms with Gasteiger partial charge in [-0.05, 0) is 47.5 Å². The first-order valence-electron chi connectivity index (χ1n) is 4.83. The molecule has 1 aromatic heterocycles. The molecule has 17 heavy (non-hydrogen) atoms. The molecule has 0 saturated carbocycles. The lowest BCUT2D eigenvalue weighted by atomic mass is 10.2. The van der Waals surface area contributed by atoms with Crippen LogP contribution in [-0.2, 0) is 0 Å². The number of nitro benzene ring substituents is 1. The van der Waals surface area contributed by atoms with E-state index in [1.165, 1.54) is 12.1 Å². The van der Waals surface area contributed by atoms with E-state index in [2.05, 4.69) is 0 Å². The summed E-state index contributed by atoms with van der Waals surface area (Å²) in [5, 5.41) is 10.8. The number of hydrogen-bond donors (Lipinski definition) is 0. The van der Waals surface area contributed by atoms with Crippen molar-refractivity contribution in [2.75, 3.05) is 0 Å². The first-order valence-corrected chi connectivity index (χ1v) is 5.21. The van der Waals surface area contributed by atoms with Crippen molar-refractivity contribution in [1.82, 2.24) is 0 Å². The summed E-state index contributed by atoms with van der Waals surface area (Å²) in [5.41, 5.74) is 0.923. The second-order valence-electron chi connectivity index (χ2n) is 3.32. The van der Waals surface area contributed by atoms with Crippen molar-refractivity contribution in [2.45, 2.75) is 0 Å². The number of furan rings is 1. The fourth-order valence-electron chi connectivity index (χ4n) is 1.30. The van der Waals surface area contributed by atoms with Crippen LogP contribution in [0, 0.1) is 10.1 Å². The predicted octanol–water partition coefficient (Wildman–Crippen LogP) is 4.01. The first-order chi connectivity index (χ1) is 8.15. The summed E-state index contributed by atoms with van der Waals surface area (Å²) >= 11 is 5.62. The van der Waals surface area contributed by atoms with E-state index >= 15 is 0 Å². The molecule has 0 aliphatic rings. The Labute approximate surface area is 102 Å². The van der Waals surface area contributed by atoms with E-state index in [-0.39, 0.29) is 5.69 Å². The van der Waals surface area contributed by atoms with Crippen molar-refractivity contribution in [3.05, 3.63) is 63.1 Å². The van der Waals surface area contributed by atoms with E-state index in [1.54, 1.807) is 36.4 Å². The van der Waals surface area contributed by atoms with Gasteiger partial charge in [-0.3, -0.25) is 10.1 Å². The van der Waals surface area contributed by atoms with E-state index in [0.717, 1.165) is 5.56 Å². The van der Waals surface area contributed by atoms with Crippen LogP contribution >= 0.6 is 11.6 Å². The van der Waals surface area contributed by atoms with E-state index in [4.69, 9.17) is 16.0 Å². The topological polar surface area (TPSA) is 56.3 Å². The third-order valence-corrected chi connectivity index (χ3v) is 2.34. The molecular formula is C12H8ClNO3. The van der Waals surface area contributed by atoms with Gasteiger partial charge in [0.2, 0.25) is 0 Å². The molecule has 0 aliphatic heterocycles. The maximum absolute atomic E-state index is 10.5. The van der Waals surface area contributed by atoms with E-state index in [9.17, 15) is 10.1 Å². The van der Waals surface area contributed by atoms with Gasteiger partial charge < -0.3 is 4.42 Å². The largest absolute Gasteiger partial charge is 0.445 e. The summed E-state index contributed by atoms with van der Waals surface area (Å²) in [4.78, 5) is 10.0. The fourth-order valence-corrected chi connectivity index (χ4v) is 1.46. The summed E-state index contributed by atoms with van der Waals surface area (Å²) < 4.78 is 5.14. The Hall–Kier alpha value is -2.07. The number of rotatable bonds is 3. The fraction of sp³-hybridized carbons (Fsp3) is 0. The van der Waals surface area contributed by atoms with Crippen LogP contribution in [0.3, 0.4) is 0 Å². The molecule has 5 heteroatoms. The summed E-state index contributed by atoms with van der Waals surface area (Å²) in [5.74, 6) is 0.633.